The molecule has 3 nitrogen and oxygen atoms in total. The fourth-order valence-electron chi connectivity index (χ4n) is 6.42. The Morgan fingerprint density at radius 2 is 1.14 bits per heavy atom. The predicted octanol–water partition coefficient (Wildman–Crippen LogP) is 10.7. The Morgan fingerprint density at radius 1 is 0.500 bits per heavy atom. The molecule has 42 heavy (non-hydrogen) atoms. The lowest BCUT2D eigenvalue weighted by atomic mass is 10.1. The van der Waals surface area contributed by atoms with Gasteiger partial charge in [0.05, 0.1) is 32.6 Å². The standard InChI is InChI=1S/C38H25N3S/c1-4-12-27(13-5-1)39-23-22-26-24-33-31-20-21-32-30-18-10-11-19-36(30)42-38(32)37(31)41(35(33)25-34(26)39)40(28-14-6-2-7-15-28)29-16-8-3-9-17-29/h1-25H. The molecule has 3 aromatic heterocycles. The van der Waals surface area contributed by atoms with Gasteiger partial charge in [0, 0.05) is 43.5 Å². The van der Waals surface area contributed by atoms with E-state index in [2.05, 4.69) is 166 Å². The maximum absolute atomic E-state index is 2.45. The van der Waals surface area contributed by atoms with Crippen LogP contribution in [0.25, 0.3) is 58.6 Å². The summed E-state index contributed by atoms with van der Waals surface area (Å²) in [5, 5.41) is 8.72. The second-order valence-electron chi connectivity index (χ2n) is 10.7. The van der Waals surface area contributed by atoms with Crippen LogP contribution in [0.5, 0.6) is 0 Å². The first kappa shape index (κ1) is 23.4. The Labute approximate surface area is 246 Å². The van der Waals surface area contributed by atoms with Gasteiger partial charge in [-0.1, -0.05) is 84.9 Å². The van der Waals surface area contributed by atoms with E-state index in [9.17, 15) is 0 Å². The van der Waals surface area contributed by atoms with Gasteiger partial charge in [-0.15, -0.1) is 11.3 Å². The van der Waals surface area contributed by atoms with E-state index in [-0.39, 0.29) is 0 Å². The summed E-state index contributed by atoms with van der Waals surface area (Å²) in [4.78, 5) is 0. The number of hydrogen-bond donors (Lipinski definition) is 0. The zero-order valence-corrected chi connectivity index (χ0v) is 23.5. The molecule has 3 heterocycles. The van der Waals surface area contributed by atoms with Crippen molar-refractivity contribution < 1.29 is 0 Å². The van der Waals surface area contributed by atoms with E-state index >= 15 is 0 Å². The van der Waals surface area contributed by atoms with E-state index in [0.717, 1.165) is 17.1 Å². The molecule has 0 aliphatic carbocycles. The Hall–Kier alpha value is -5.32. The first-order valence-corrected chi connectivity index (χ1v) is 15.0. The molecular weight excluding hydrogens is 531 g/mol. The lowest BCUT2D eigenvalue weighted by Gasteiger charge is -2.28. The number of rotatable bonds is 4. The SMILES string of the molecule is c1ccc(N(c2ccccc2)n2c3cc4c(ccn4-c4ccccc4)cc3c3ccc4c5ccccc5sc4c32)cc1. The van der Waals surface area contributed by atoms with Crippen LogP contribution in [0, 0.1) is 0 Å². The summed E-state index contributed by atoms with van der Waals surface area (Å²) in [6.07, 6.45) is 2.18. The highest BCUT2D eigenvalue weighted by Gasteiger charge is 2.23. The van der Waals surface area contributed by atoms with Crippen molar-refractivity contribution in [3.8, 4) is 5.69 Å². The minimum absolute atomic E-state index is 1.11. The summed E-state index contributed by atoms with van der Waals surface area (Å²) in [6, 6.07) is 52.4. The average molecular weight is 556 g/mol. The summed E-state index contributed by atoms with van der Waals surface area (Å²) in [6.45, 7) is 0. The minimum Gasteiger partial charge on any atom is -0.316 e. The summed E-state index contributed by atoms with van der Waals surface area (Å²) >= 11 is 1.88. The van der Waals surface area contributed by atoms with Crippen LogP contribution in [-0.4, -0.2) is 9.24 Å². The van der Waals surface area contributed by atoms with Gasteiger partial charge in [-0.25, -0.2) is 9.69 Å². The number of aromatic nitrogens is 2. The van der Waals surface area contributed by atoms with Crippen LogP contribution in [0.3, 0.4) is 0 Å². The highest BCUT2D eigenvalue weighted by atomic mass is 32.1. The van der Waals surface area contributed by atoms with Crippen molar-refractivity contribution in [1.82, 2.24) is 9.24 Å². The van der Waals surface area contributed by atoms with E-state index in [1.165, 1.54) is 52.9 Å². The molecule has 0 fully saturated rings. The first-order valence-electron chi connectivity index (χ1n) is 14.2. The van der Waals surface area contributed by atoms with E-state index in [1.54, 1.807) is 0 Å². The van der Waals surface area contributed by atoms with Crippen LogP contribution in [0.1, 0.15) is 0 Å². The summed E-state index contributed by atoms with van der Waals surface area (Å²) in [5.41, 5.74) is 6.97. The van der Waals surface area contributed by atoms with Gasteiger partial charge in [-0.2, -0.15) is 0 Å². The molecule has 0 amide bonds. The van der Waals surface area contributed by atoms with E-state index in [1.807, 2.05) is 11.3 Å². The molecule has 9 rings (SSSR count). The number of thiophene rings is 1. The molecule has 0 saturated carbocycles. The molecule has 0 aliphatic rings. The molecule has 0 bridgehead atoms. The maximum Gasteiger partial charge on any atom is 0.0894 e. The monoisotopic (exact) mass is 555 g/mol. The second kappa shape index (κ2) is 9.10. The van der Waals surface area contributed by atoms with Crippen molar-refractivity contribution in [3.63, 3.8) is 0 Å². The molecule has 0 saturated heterocycles. The third kappa shape index (κ3) is 3.39. The van der Waals surface area contributed by atoms with Crippen molar-refractivity contribution in [3.05, 3.63) is 152 Å². The molecule has 0 unspecified atom stereocenters. The van der Waals surface area contributed by atoms with Gasteiger partial charge < -0.3 is 4.57 Å². The molecule has 0 N–H and O–H groups in total. The van der Waals surface area contributed by atoms with Crippen LogP contribution in [0.15, 0.2) is 152 Å². The van der Waals surface area contributed by atoms with E-state index in [0.29, 0.717) is 0 Å². The Balaban J connectivity index is 1.48. The van der Waals surface area contributed by atoms with Crippen molar-refractivity contribution in [2.24, 2.45) is 0 Å². The molecule has 0 atom stereocenters. The summed E-state index contributed by atoms with van der Waals surface area (Å²) in [5.74, 6) is 0. The van der Waals surface area contributed by atoms with Crippen LogP contribution in [0.2, 0.25) is 0 Å². The van der Waals surface area contributed by atoms with Crippen LogP contribution in [-0.2, 0) is 0 Å². The van der Waals surface area contributed by atoms with Crippen LogP contribution >= 0.6 is 11.3 Å². The van der Waals surface area contributed by atoms with Gasteiger partial charge in [-0.05, 0) is 60.7 Å². The maximum atomic E-state index is 2.45. The largest absolute Gasteiger partial charge is 0.316 e. The predicted molar refractivity (Wildman–Crippen MR) is 180 cm³/mol. The zero-order valence-electron chi connectivity index (χ0n) is 22.7. The Kier molecular flexibility index (Phi) is 5.07. The zero-order chi connectivity index (χ0) is 27.6. The molecule has 0 radical (unpaired) electrons. The fourth-order valence-corrected chi connectivity index (χ4v) is 7.66. The van der Waals surface area contributed by atoms with Gasteiger partial charge in [0.2, 0.25) is 0 Å². The molecule has 4 heteroatoms. The van der Waals surface area contributed by atoms with E-state index < -0.39 is 0 Å². The molecular formula is C38H25N3S. The number of benzene rings is 6. The van der Waals surface area contributed by atoms with Gasteiger partial charge in [0.25, 0.3) is 0 Å². The average Bonchev–Trinajstić information content (AvgIpc) is 3.74. The molecule has 198 valence electrons. The highest BCUT2D eigenvalue weighted by Crippen LogP contribution is 2.44. The molecule has 0 spiro atoms. The Morgan fingerprint density at radius 3 is 1.88 bits per heavy atom. The topological polar surface area (TPSA) is 13.1 Å². The van der Waals surface area contributed by atoms with Gasteiger partial charge in [-0.3, -0.25) is 0 Å². The molecule has 9 aromatic rings. The van der Waals surface area contributed by atoms with Crippen LogP contribution < -0.4 is 5.01 Å². The first-order chi connectivity index (χ1) is 20.8. The minimum atomic E-state index is 1.11. The fraction of sp³-hybridized carbons (Fsp3) is 0. The molecule has 6 aromatic carbocycles. The quantitative estimate of drug-likeness (QED) is 0.210. The van der Waals surface area contributed by atoms with Crippen molar-refractivity contribution >= 4 is 75.6 Å². The smallest absolute Gasteiger partial charge is 0.0894 e. The number of hydrogen-bond acceptors (Lipinski definition) is 2. The lowest BCUT2D eigenvalue weighted by molar-refractivity contribution is 0.889. The summed E-state index contributed by atoms with van der Waals surface area (Å²) in [7, 11) is 0. The van der Waals surface area contributed by atoms with Crippen molar-refractivity contribution in [2.45, 2.75) is 0 Å². The second-order valence-corrected chi connectivity index (χ2v) is 11.7. The van der Waals surface area contributed by atoms with Gasteiger partial charge in [0.1, 0.15) is 0 Å². The third-order valence-corrected chi connectivity index (χ3v) is 9.49. The Bertz CT molecular complexity index is 2360. The lowest BCUT2D eigenvalue weighted by Crippen LogP contribution is -2.24. The number of nitrogens with zero attached hydrogens (tertiary/aromatic N) is 3. The number of fused-ring (bicyclic) bond motifs is 8. The van der Waals surface area contributed by atoms with Crippen LogP contribution in [0.4, 0.5) is 11.4 Å². The highest BCUT2D eigenvalue weighted by molar-refractivity contribution is 7.26. The third-order valence-electron chi connectivity index (χ3n) is 8.29. The van der Waals surface area contributed by atoms with Gasteiger partial charge in [0.15, 0.2) is 0 Å². The van der Waals surface area contributed by atoms with E-state index in [4.69, 9.17) is 0 Å². The summed E-state index contributed by atoms with van der Waals surface area (Å²) < 4.78 is 7.36. The number of para-hydroxylation sites is 3. The van der Waals surface area contributed by atoms with Crippen molar-refractivity contribution in [1.29, 1.82) is 0 Å². The molecule has 0 aliphatic heterocycles. The van der Waals surface area contributed by atoms with Gasteiger partial charge >= 0.3 is 0 Å². The number of anilines is 2. The normalized spacial score (nSPS) is 11.8. The van der Waals surface area contributed by atoms with Crippen molar-refractivity contribution in [2.75, 3.05) is 5.01 Å².